The van der Waals surface area contributed by atoms with Crippen molar-refractivity contribution in [1.29, 1.82) is 0 Å². The molecule has 1 aliphatic heterocycles. The van der Waals surface area contributed by atoms with E-state index in [4.69, 9.17) is 28.9 Å². The third-order valence-electron chi connectivity index (χ3n) is 3.67. The summed E-state index contributed by atoms with van der Waals surface area (Å²) in [5.41, 5.74) is 7.35. The van der Waals surface area contributed by atoms with E-state index in [1.165, 1.54) is 25.7 Å². The molecule has 4 heteroatoms. The topological polar surface area (TPSA) is 29.3 Å². The Morgan fingerprint density at radius 3 is 2.50 bits per heavy atom. The lowest BCUT2D eigenvalue weighted by Crippen LogP contribution is -2.34. The molecule has 1 aliphatic rings. The zero-order valence-corrected chi connectivity index (χ0v) is 12.3. The minimum Gasteiger partial charge on any atom is -0.399 e. The largest absolute Gasteiger partial charge is 0.399 e. The number of halogens is 2. The Bertz CT molecular complexity index is 397. The molecule has 1 aromatic rings. The molecule has 1 fully saturated rings. The monoisotopic (exact) mass is 286 g/mol. The fourth-order valence-electron chi connectivity index (χ4n) is 2.76. The number of benzene rings is 1. The molecule has 0 radical (unpaired) electrons. The molecule has 2 nitrogen and oxygen atoms in total. The first-order valence-electron chi connectivity index (χ1n) is 6.64. The molecule has 2 rings (SSSR count). The van der Waals surface area contributed by atoms with Crippen LogP contribution in [0.5, 0.6) is 0 Å². The molecule has 1 unspecified atom stereocenters. The quantitative estimate of drug-likeness (QED) is 0.796. The van der Waals surface area contributed by atoms with Crippen molar-refractivity contribution >= 4 is 34.6 Å². The number of hydrogen-bond acceptors (Lipinski definition) is 2. The van der Waals surface area contributed by atoms with Crippen molar-refractivity contribution in [3.8, 4) is 0 Å². The van der Waals surface area contributed by atoms with E-state index in [-0.39, 0.29) is 0 Å². The van der Waals surface area contributed by atoms with E-state index in [1.54, 1.807) is 12.1 Å². The van der Waals surface area contributed by atoms with Crippen molar-refractivity contribution in [1.82, 2.24) is 0 Å². The van der Waals surface area contributed by atoms with Gasteiger partial charge < -0.3 is 10.6 Å². The van der Waals surface area contributed by atoms with Gasteiger partial charge in [0.2, 0.25) is 0 Å². The van der Waals surface area contributed by atoms with Crippen molar-refractivity contribution in [2.24, 2.45) is 0 Å². The van der Waals surface area contributed by atoms with Crippen molar-refractivity contribution in [3.63, 3.8) is 0 Å². The highest BCUT2D eigenvalue weighted by molar-refractivity contribution is 6.39. The zero-order valence-electron chi connectivity index (χ0n) is 10.8. The van der Waals surface area contributed by atoms with Crippen molar-refractivity contribution in [2.45, 2.75) is 45.1 Å². The molecule has 1 heterocycles. The van der Waals surface area contributed by atoms with Gasteiger partial charge in [0.1, 0.15) is 0 Å². The molecule has 2 N–H and O–H groups in total. The number of hydrogen-bond donors (Lipinski definition) is 1. The van der Waals surface area contributed by atoms with Crippen LogP contribution in [-0.2, 0) is 0 Å². The normalized spacial score (nSPS) is 20.8. The maximum absolute atomic E-state index is 6.34. The maximum atomic E-state index is 6.34. The fourth-order valence-corrected chi connectivity index (χ4v) is 3.48. The van der Waals surface area contributed by atoms with Crippen LogP contribution in [0.4, 0.5) is 11.4 Å². The summed E-state index contributed by atoms with van der Waals surface area (Å²) in [7, 11) is 0. The summed E-state index contributed by atoms with van der Waals surface area (Å²) in [5, 5.41) is 1.33. The van der Waals surface area contributed by atoms with Crippen LogP contribution in [0.25, 0.3) is 0 Å². The SMILES string of the molecule is CCC1CCCCCN1c1c(Cl)cc(N)cc1Cl. The van der Waals surface area contributed by atoms with Gasteiger partial charge in [-0.2, -0.15) is 0 Å². The highest BCUT2D eigenvalue weighted by Gasteiger charge is 2.23. The molecular formula is C14H20Cl2N2. The highest BCUT2D eigenvalue weighted by atomic mass is 35.5. The molecule has 0 saturated carbocycles. The Kier molecular flexibility index (Phi) is 4.63. The summed E-state index contributed by atoms with van der Waals surface area (Å²) in [5.74, 6) is 0. The van der Waals surface area contributed by atoms with Gasteiger partial charge in [-0.15, -0.1) is 0 Å². The number of anilines is 2. The highest BCUT2D eigenvalue weighted by Crippen LogP contribution is 2.39. The predicted molar refractivity (Wildman–Crippen MR) is 80.8 cm³/mol. The molecule has 0 bridgehead atoms. The Balaban J connectivity index is 2.38. The van der Waals surface area contributed by atoms with Gasteiger partial charge in [0.25, 0.3) is 0 Å². The molecule has 1 aromatic carbocycles. The van der Waals surface area contributed by atoms with Crippen LogP contribution in [0.15, 0.2) is 12.1 Å². The minimum absolute atomic E-state index is 0.533. The number of nitrogens with zero attached hydrogens (tertiary/aromatic N) is 1. The zero-order chi connectivity index (χ0) is 13.1. The third-order valence-corrected chi connectivity index (χ3v) is 4.25. The van der Waals surface area contributed by atoms with Crippen molar-refractivity contribution < 1.29 is 0 Å². The molecule has 0 aromatic heterocycles. The van der Waals surface area contributed by atoms with Crippen molar-refractivity contribution in [2.75, 3.05) is 17.2 Å². The fraction of sp³-hybridized carbons (Fsp3) is 0.571. The Morgan fingerprint density at radius 2 is 1.89 bits per heavy atom. The lowest BCUT2D eigenvalue weighted by Gasteiger charge is -2.33. The van der Waals surface area contributed by atoms with Gasteiger partial charge in [0, 0.05) is 18.3 Å². The smallest absolute Gasteiger partial charge is 0.0749 e. The molecule has 0 amide bonds. The maximum Gasteiger partial charge on any atom is 0.0749 e. The second kappa shape index (κ2) is 6.03. The average Bonchev–Trinajstić information content (AvgIpc) is 2.53. The van der Waals surface area contributed by atoms with E-state index in [0.717, 1.165) is 18.7 Å². The van der Waals surface area contributed by atoms with Crippen LogP contribution >= 0.6 is 23.2 Å². The van der Waals surface area contributed by atoms with E-state index in [9.17, 15) is 0 Å². The molecule has 0 aliphatic carbocycles. The van der Waals surface area contributed by atoms with Gasteiger partial charge >= 0.3 is 0 Å². The Morgan fingerprint density at radius 1 is 1.22 bits per heavy atom. The van der Waals surface area contributed by atoms with Crippen LogP contribution in [0, 0.1) is 0 Å². The lowest BCUT2D eigenvalue weighted by molar-refractivity contribution is 0.556. The summed E-state index contributed by atoms with van der Waals surface area (Å²) in [6.07, 6.45) is 6.12. The van der Waals surface area contributed by atoms with Crippen LogP contribution in [0.1, 0.15) is 39.0 Å². The molecular weight excluding hydrogens is 267 g/mol. The Hall–Kier alpha value is -0.600. The summed E-state index contributed by atoms with van der Waals surface area (Å²) in [4.78, 5) is 2.37. The van der Waals surface area contributed by atoms with E-state index >= 15 is 0 Å². The Labute approximate surface area is 119 Å². The third kappa shape index (κ3) is 2.86. The second-order valence-corrected chi connectivity index (χ2v) is 5.75. The van der Waals surface area contributed by atoms with Crippen LogP contribution in [0.2, 0.25) is 10.0 Å². The van der Waals surface area contributed by atoms with Gasteiger partial charge in [-0.05, 0) is 31.4 Å². The van der Waals surface area contributed by atoms with Crippen LogP contribution in [0.3, 0.4) is 0 Å². The summed E-state index contributed by atoms with van der Waals surface area (Å²) >= 11 is 12.7. The lowest BCUT2D eigenvalue weighted by atomic mass is 10.1. The second-order valence-electron chi connectivity index (χ2n) is 4.94. The van der Waals surface area contributed by atoms with Crippen molar-refractivity contribution in [3.05, 3.63) is 22.2 Å². The summed E-state index contributed by atoms with van der Waals surface area (Å²) in [6.45, 7) is 3.25. The minimum atomic E-state index is 0.533. The molecule has 0 spiro atoms. The molecule has 18 heavy (non-hydrogen) atoms. The van der Waals surface area contributed by atoms with Crippen LogP contribution in [-0.4, -0.2) is 12.6 Å². The first kappa shape index (κ1) is 13.8. The first-order chi connectivity index (χ1) is 8.63. The average molecular weight is 287 g/mol. The standard InChI is InChI=1S/C14H20Cl2N2/c1-2-11-6-4-3-5-7-18(11)14-12(15)8-10(17)9-13(14)16/h8-9,11H,2-7,17H2,1H3. The van der Waals surface area contributed by atoms with Gasteiger partial charge in [-0.3, -0.25) is 0 Å². The van der Waals surface area contributed by atoms with Gasteiger partial charge in [-0.1, -0.05) is 43.0 Å². The van der Waals surface area contributed by atoms with Gasteiger partial charge in [0.15, 0.2) is 0 Å². The van der Waals surface area contributed by atoms with E-state index in [1.807, 2.05) is 0 Å². The van der Waals surface area contributed by atoms with Crippen LogP contribution < -0.4 is 10.6 Å². The van der Waals surface area contributed by atoms with E-state index in [2.05, 4.69) is 11.8 Å². The van der Waals surface area contributed by atoms with Gasteiger partial charge in [0.05, 0.1) is 15.7 Å². The number of nitrogens with two attached hydrogens (primary N) is 1. The molecule has 1 saturated heterocycles. The first-order valence-corrected chi connectivity index (χ1v) is 7.40. The number of nitrogen functional groups attached to an aromatic ring is 1. The molecule has 100 valence electrons. The predicted octanol–water partition coefficient (Wildman–Crippen LogP) is 4.73. The van der Waals surface area contributed by atoms with E-state index in [0.29, 0.717) is 21.8 Å². The van der Waals surface area contributed by atoms with E-state index < -0.39 is 0 Å². The molecule has 1 atom stereocenters. The summed E-state index contributed by atoms with van der Waals surface area (Å²) in [6, 6.07) is 4.12. The number of rotatable bonds is 2. The van der Waals surface area contributed by atoms with Gasteiger partial charge in [-0.25, -0.2) is 0 Å². The summed E-state index contributed by atoms with van der Waals surface area (Å²) < 4.78 is 0.